The zero-order valence-corrected chi connectivity index (χ0v) is 18.1. The smallest absolute Gasteiger partial charge is 0.227 e. The van der Waals surface area contributed by atoms with Gasteiger partial charge in [0.1, 0.15) is 0 Å². The Labute approximate surface area is 175 Å². The fraction of sp³-hybridized carbons (Fsp3) is 0.450. The van der Waals surface area contributed by atoms with Gasteiger partial charge in [0.2, 0.25) is 5.95 Å². The summed E-state index contributed by atoms with van der Waals surface area (Å²) in [5.74, 6) is 0.996. The molecule has 156 valence electrons. The van der Waals surface area contributed by atoms with Crippen LogP contribution in [0.2, 0.25) is 5.02 Å². The molecule has 0 spiro atoms. The molecule has 0 aliphatic carbocycles. The van der Waals surface area contributed by atoms with Gasteiger partial charge in [0.15, 0.2) is 17.0 Å². The first-order chi connectivity index (χ1) is 13.6. The van der Waals surface area contributed by atoms with Crippen LogP contribution in [0.3, 0.4) is 0 Å². The number of hydrogen-bond acceptors (Lipinski definition) is 7. The van der Waals surface area contributed by atoms with Gasteiger partial charge < -0.3 is 26.0 Å². The highest BCUT2D eigenvalue weighted by Gasteiger charge is 2.24. The van der Waals surface area contributed by atoms with Crippen molar-refractivity contribution in [2.24, 2.45) is 0 Å². The van der Waals surface area contributed by atoms with Crippen LogP contribution < -0.4 is 16.4 Å². The summed E-state index contributed by atoms with van der Waals surface area (Å²) < 4.78 is 1.98. The summed E-state index contributed by atoms with van der Waals surface area (Å²) in [5.41, 5.74) is 7.93. The zero-order valence-electron chi connectivity index (χ0n) is 17.4. The topological polar surface area (TPSA) is 114 Å². The van der Waals surface area contributed by atoms with Crippen molar-refractivity contribution in [2.75, 3.05) is 16.4 Å². The van der Waals surface area contributed by atoms with E-state index in [4.69, 9.17) is 17.3 Å². The van der Waals surface area contributed by atoms with Crippen molar-refractivity contribution in [3.05, 3.63) is 35.1 Å². The molecule has 1 unspecified atom stereocenters. The minimum atomic E-state index is -0.931. The number of hydrogen-bond donors (Lipinski definition) is 4. The van der Waals surface area contributed by atoms with Crippen LogP contribution in [-0.4, -0.2) is 36.3 Å². The minimum absolute atomic E-state index is 0.186. The molecular weight excluding hydrogens is 390 g/mol. The minimum Gasteiger partial charge on any atom is -0.397 e. The maximum absolute atomic E-state index is 10.3. The van der Waals surface area contributed by atoms with Gasteiger partial charge in [0.05, 0.1) is 28.7 Å². The molecule has 0 aliphatic rings. The van der Waals surface area contributed by atoms with Crippen molar-refractivity contribution in [2.45, 2.75) is 58.8 Å². The standard InChI is InChI=1S/C20H28ClN7O/c1-11(2)28-10-24-16-17(23-9-13-7-6-8-14(21)15(13)22)26-19(27-18(16)28)25-12(3)20(4,5)29/h6-8,10-12,29H,9,22H2,1-5H3,(H2,23,25,26,27). The van der Waals surface area contributed by atoms with Crippen LogP contribution in [0.25, 0.3) is 11.2 Å². The van der Waals surface area contributed by atoms with Gasteiger partial charge in [0, 0.05) is 12.6 Å². The summed E-state index contributed by atoms with van der Waals surface area (Å²) in [4.78, 5) is 13.7. The Kier molecular flexibility index (Phi) is 5.86. The summed E-state index contributed by atoms with van der Waals surface area (Å²) in [6.45, 7) is 9.93. The van der Waals surface area contributed by atoms with Crippen molar-refractivity contribution in [3.63, 3.8) is 0 Å². The second kappa shape index (κ2) is 8.04. The van der Waals surface area contributed by atoms with E-state index in [2.05, 4.69) is 39.4 Å². The highest BCUT2D eigenvalue weighted by Crippen LogP contribution is 2.27. The van der Waals surface area contributed by atoms with Gasteiger partial charge in [-0.15, -0.1) is 0 Å². The van der Waals surface area contributed by atoms with Crippen molar-refractivity contribution in [1.29, 1.82) is 0 Å². The number of aromatic nitrogens is 4. The Morgan fingerprint density at radius 2 is 1.97 bits per heavy atom. The molecule has 2 heterocycles. The van der Waals surface area contributed by atoms with Gasteiger partial charge in [-0.2, -0.15) is 9.97 Å². The molecule has 3 rings (SSSR count). The third-order valence-corrected chi connectivity index (χ3v) is 5.30. The number of rotatable bonds is 7. The summed E-state index contributed by atoms with van der Waals surface area (Å²) in [6.07, 6.45) is 1.76. The first-order valence-corrected chi connectivity index (χ1v) is 9.96. The first-order valence-electron chi connectivity index (χ1n) is 9.58. The number of aliphatic hydroxyl groups is 1. The van der Waals surface area contributed by atoms with Crippen molar-refractivity contribution in [1.82, 2.24) is 19.5 Å². The monoisotopic (exact) mass is 417 g/mol. The summed E-state index contributed by atoms with van der Waals surface area (Å²) in [7, 11) is 0. The van der Waals surface area contributed by atoms with Gasteiger partial charge in [0.25, 0.3) is 0 Å². The molecule has 0 saturated heterocycles. The number of nitrogens with two attached hydrogens (primary N) is 1. The molecule has 8 nitrogen and oxygen atoms in total. The van der Waals surface area contributed by atoms with E-state index >= 15 is 0 Å². The molecule has 0 aliphatic heterocycles. The fourth-order valence-corrected chi connectivity index (χ4v) is 2.96. The number of nitrogens with one attached hydrogen (secondary N) is 2. The van der Waals surface area contributed by atoms with E-state index in [0.29, 0.717) is 40.2 Å². The number of nitrogens with zero attached hydrogens (tertiary/aromatic N) is 4. The maximum atomic E-state index is 10.3. The number of halogens is 1. The molecule has 1 aromatic carbocycles. The second-order valence-corrected chi connectivity index (χ2v) is 8.41. The highest BCUT2D eigenvalue weighted by molar-refractivity contribution is 6.33. The predicted octanol–water partition coefficient (Wildman–Crippen LogP) is 3.83. The van der Waals surface area contributed by atoms with Crippen LogP contribution in [-0.2, 0) is 6.54 Å². The summed E-state index contributed by atoms with van der Waals surface area (Å²) >= 11 is 6.13. The Balaban J connectivity index is 1.99. The van der Waals surface area contributed by atoms with E-state index in [-0.39, 0.29) is 12.1 Å². The Bertz CT molecular complexity index is 1010. The van der Waals surface area contributed by atoms with E-state index in [9.17, 15) is 5.11 Å². The van der Waals surface area contributed by atoms with Gasteiger partial charge >= 0.3 is 0 Å². The molecule has 2 aromatic heterocycles. The van der Waals surface area contributed by atoms with Crippen molar-refractivity contribution >= 4 is 40.2 Å². The molecule has 0 radical (unpaired) electrons. The number of imidazole rings is 1. The Morgan fingerprint density at radius 3 is 2.62 bits per heavy atom. The number of anilines is 3. The zero-order chi connectivity index (χ0) is 21.3. The molecule has 3 aromatic rings. The summed E-state index contributed by atoms with van der Waals surface area (Å²) in [5, 5.41) is 17.3. The number of para-hydroxylation sites is 1. The maximum Gasteiger partial charge on any atom is 0.227 e. The lowest BCUT2D eigenvalue weighted by Crippen LogP contribution is -2.39. The van der Waals surface area contributed by atoms with Gasteiger partial charge in [-0.25, -0.2) is 4.98 Å². The normalized spacial score (nSPS) is 13.1. The first kappa shape index (κ1) is 21.1. The van der Waals surface area contributed by atoms with Crippen LogP contribution in [0.1, 0.15) is 46.2 Å². The Morgan fingerprint density at radius 1 is 1.24 bits per heavy atom. The lowest BCUT2D eigenvalue weighted by Gasteiger charge is -2.26. The Hall–Kier alpha value is -2.58. The molecule has 5 N–H and O–H groups in total. The van der Waals surface area contributed by atoms with E-state index in [1.165, 1.54) is 0 Å². The summed E-state index contributed by atoms with van der Waals surface area (Å²) in [6, 6.07) is 5.46. The predicted molar refractivity (Wildman–Crippen MR) is 118 cm³/mol. The van der Waals surface area contributed by atoms with Gasteiger partial charge in [-0.3, -0.25) is 0 Å². The fourth-order valence-electron chi connectivity index (χ4n) is 2.77. The molecule has 0 fully saturated rings. The van der Waals surface area contributed by atoms with Crippen LogP contribution in [0, 0.1) is 0 Å². The van der Waals surface area contributed by atoms with Crippen molar-refractivity contribution < 1.29 is 5.11 Å². The highest BCUT2D eigenvalue weighted by atomic mass is 35.5. The second-order valence-electron chi connectivity index (χ2n) is 8.00. The van der Waals surface area contributed by atoms with E-state index < -0.39 is 5.60 Å². The van der Waals surface area contributed by atoms with E-state index in [1.54, 1.807) is 26.2 Å². The molecule has 29 heavy (non-hydrogen) atoms. The number of fused-ring (bicyclic) bond motifs is 1. The SMILES string of the molecule is CC(C)n1cnc2c(NCc3cccc(Cl)c3N)nc(NC(C)C(C)(C)O)nc21. The number of nitrogen functional groups attached to an aromatic ring is 1. The molecule has 0 amide bonds. The number of benzene rings is 1. The van der Waals surface area contributed by atoms with Crippen LogP contribution >= 0.6 is 11.6 Å². The van der Waals surface area contributed by atoms with Gasteiger partial charge in [-0.1, -0.05) is 23.7 Å². The van der Waals surface area contributed by atoms with E-state index in [1.807, 2.05) is 23.6 Å². The average Bonchev–Trinajstić information content (AvgIpc) is 3.06. The van der Waals surface area contributed by atoms with Crippen LogP contribution in [0.5, 0.6) is 0 Å². The van der Waals surface area contributed by atoms with Gasteiger partial charge in [-0.05, 0) is 46.2 Å². The lowest BCUT2D eigenvalue weighted by molar-refractivity contribution is 0.0646. The molecule has 9 heteroatoms. The molecule has 1 atom stereocenters. The average molecular weight is 418 g/mol. The van der Waals surface area contributed by atoms with Crippen LogP contribution in [0.15, 0.2) is 24.5 Å². The molecular formula is C20H28ClN7O. The third kappa shape index (κ3) is 4.54. The molecule has 0 saturated carbocycles. The van der Waals surface area contributed by atoms with Crippen LogP contribution in [0.4, 0.5) is 17.5 Å². The van der Waals surface area contributed by atoms with E-state index in [0.717, 1.165) is 5.56 Å². The largest absolute Gasteiger partial charge is 0.397 e. The lowest BCUT2D eigenvalue weighted by atomic mass is 10.0. The third-order valence-electron chi connectivity index (χ3n) is 4.97. The molecule has 0 bridgehead atoms. The van der Waals surface area contributed by atoms with Crippen molar-refractivity contribution in [3.8, 4) is 0 Å². The quantitative estimate of drug-likeness (QED) is 0.432.